The zero-order chi connectivity index (χ0) is 38.2. The van der Waals surface area contributed by atoms with Crippen LogP contribution in [0.2, 0.25) is 0 Å². The van der Waals surface area contributed by atoms with Gasteiger partial charge in [-0.25, -0.2) is 4.79 Å². The number of hydrogen-bond donors (Lipinski definition) is 9. The molecule has 53 heavy (non-hydrogen) atoms. The molecular weight excluding hydrogens is 704 g/mol. The zero-order valence-electron chi connectivity index (χ0n) is 29.7. The Labute approximate surface area is 305 Å². The minimum absolute atomic E-state index is 0.00943. The van der Waals surface area contributed by atoms with E-state index in [1.54, 1.807) is 6.08 Å². The van der Waals surface area contributed by atoms with Crippen LogP contribution in [0.3, 0.4) is 0 Å². The van der Waals surface area contributed by atoms with Gasteiger partial charge in [0.2, 0.25) is 0 Å². The molecule has 0 aromatic rings. The zero-order valence-corrected chi connectivity index (χ0v) is 29.7. The van der Waals surface area contributed by atoms with Crippen molar-refractivity contribution in [2.45, 2.75) is 138 Å². The van der Waals surface area contributed by atoms with Gasteiger partial charge in [-0.15, -0.1) is 0 Å². The average Bonchev–Trinajstić information content (AvgIpc) is 3.67. The van der Waals surface area contributed by atoms with E-state index in [-0.39, 0.29) is 36.9 Å². The van der Waals surface area contributed by atoms with Gasteiger partial charge in [0, 0.05) is 23.8 Å². The molecule has 17 nitrogen and oxygen atoms in total. The molecule has 17 unspecified atom stereocenters. The summed E-state index contributed by atoms with van der Waals surface area (Å²) in [5.74, 6) is -4.08. The summed E-state index contributed by atoms with van der Waals surface area (Å²) >= 11 is 0. The molecule has 0 spiro atoms. The number of ether oxygens (including phenoxy) is 6. The van der Waals surface area contributed by atoms with Crippen LogP contribution in [-0.4, -0.2) is 151 Å². The van der Waals surface area contributed by atoms with Crippen LogP contribution in [-0.2, 0) is 38.0 Å². The minimum Gasteiger partial charge on any atom is -0.465 e. The van der Waals surface area contributed by atoms with Crippen molar-refractivity contribution in [3.05, 3.63) is 23.3 Å². The van der Waals surface area contributed by atoms with Crippen LogP contribution in [0.5, 0.6) is 0 Å². The number of allylic oxidation sites excluding steroid dienone is 1. The van der Waals surface area contributed by atoms with E-state index in [0.717, 1.165) is 17.6 Å². The lowest BCUT2D eigenvalue weighted by Crippen LogP contribution is -2.69. The largest absolute Gasteiger partial charge is 0.465 e. The highest BCUT2D eigenvalue weighted by Crippen LogP contribution is 2.68. The first-order valence-electron chi connectivity index (χ1n) is 18.5. The van der Waals surface area contributed by atoms with Gasteiger partial charge in [0.25, 0.3) is 0 Å². The number of hydrogen-bond acceptors (Lipinski definition) is 17. The average molecular weight is 757 g/mol. The molecule has 3 aliphatic heterocycles. The van der Waals surface area contributed by atoms with Crippen LogP contribution in [0.25, 0.3) is 0 Å². The smallest absolute Gasteiger partial charge is 0.331 e. The molecule has 0 radical (unpaired) electrons. The summed E-state index contributed by atoms with van der Waals surface area (Å²) in [6.07, 6.45) is -9.34. The Bertz CT molecular complexity index is 1490. The number of carbonyl (C=O) groups is 2. The molecule has 17 atom stereocenters. The summed E-state index contributed by atoms with van der Waals surface area (Å²) in [7, 11) is 0. The first kappa shape index (κ1) is 39.1. The molecule has 2 saturated heterocycles. The fourth-order valence-corrected chi connectivity index (χ4v) is 10.8. The Balaban J connectivity index is 1.06. The van der Waals surface area contributed by atoms with Crippen molar-refractivity contribution in [3.63, 3.8) is 0 Å². The molecule has 7 rings (SSSR count). The van der Waals surface area contributed by atoms with Gasteiger partial charge in [-0.2, -0.15) is 0 Å². The SMILES string of the molecule is CC(=O)OCC12CCC(OC3OC(O)C(OC4(O)OC(CO)C(O)C(O)C4O)C(O)C3O)CC1CC=C1C2CCC2(C)C(C3=CC(=O)OC3)CCC12O. The highest BCUT2D eigenvalue weighted by molar-refractivity contribution is 5.85. The molecule has 298 valence electrons. The van der Waals surface area contributed by atoms with Gasteiger partial charge < -0.3 is 74.4 Å². The number of aliphatic hydroxyl groups excluding tert-OH is 7. The van der Waals surface area contributed by atoms with Crippen LogP contribution >= 0.6 is 0 Å². The Morgan fingerprint density at radius 3 is 2.38 bits per heavy atom. The molecule has 7 aliphatic rings. The number of cyclic esters (lactones) is 1. The summed E-state index contributed by atoms with van der Waals surface area (Å²) in [6.45, 7) is 2.95. The van der Waals surface area contributed by atoms with Crippen molar-refractivity contribution >= 4 is 11.9 Å². The molecular formula is C36H52O17. The van der Waals surface area contributed by atoms with Crippen molar-refractivity contribution in [1.29, 1.82) is 0 Å². The van der Waals surface area contributed by atoms with Crippen molar-refractivity contribution < 1.29 is 84.0 Å². The number of rotatable bonds is 8. The Kier molecular flexibility index (Phi) is 10.4. The summed E-state index contributed by atoms with van der Waals surface area (Å²) in [5.41, 5.74) is -0.296. The Hall–Kier alpha value is -2.10. The van der Waals surface area contributed by atoms with Crippen LogP contribution in [0.15, 0.2) is 23.3 Å². The molecule has 17 heteroatoms. The van der Waals surface area contributed by atoms with Gasteiger partial charge in [-0.05, 0) is 80.3 Å². The minimum atomic E-state index is -3.12. The lowest BCUT2D eigenvalue weighted by Gasteiger charge is -2.61. The predicted octanol–water partition coefficient (Wildman–Crippen LogP) is -2.01. The van der Waals surface area contributed by atoms with Gasteiger partial charge in [0.1, 0.15) is 43.2 Å². The van der Waals surface area contributed by atoms with Crippen LogP contribution in [0, 0.1) is 28.6 Å². The van der Waals surface area contributed by atoms with E-state index in [1.807, 2.05) is 0 Å². The maximum atomic E-state index is 12.6. The molecule has 3 heterocycles. The van der Waals surface area contributed by atoms with Crippen molar-refractivity contribution in [3.8, 4) is 0 Å². The molecule has 0 aromatic heterocycles. The van der Waals surface area contributed by atoms with Gasteiger partial charge in [0.15, 0.2) is 18.7 Å². The van der Waals surface area contributed by atoms with Crippen molar-refractivity contribution in [2.75, 3.05) is 19.8 Å². The van der Waals surface area contributed by atoms with Gasteiger partial charge in [-0.1, -0.05) is 13.0 Å². The first-order chi connectivity index (χ1) is 25.0. The summed E-state index contributed by atoms with van der Waals surface area (Å²) < 4.78 is 32.9. The third-order valence-corrected chi connectivity index (χ3v) is 13.7. The third-order valence-electron chi connectivity index (χ3n) is 13.7. The lowest BCUT2D eigenvalue weighted by molar-refractivity contribution is -0.481. The summed E-state index contributed by atoms with van der Waals surface area (Å²) in [4.78, 5) is 24.1. The molecule has 0 bridgehead atoms. The van der Waals surface area contributed by atoms with Crippen molar-refractivity contribution in [1.82, 2.24) is 0 Å². The second kappa shape index (κ2) is 14.1. The maximum Gasteiger partial charge on any atom is 0.331 e. The first-order valence-corrected chi connectivity index (χ1v) is 18.5. The molecule has 4 aliphatic carbocycles. The highest BCUT2D eigenvalue weighted by atomic mass is 16.9. The van der Waals surface area contributed by atoms with E-state index in [2.05, 4.69) is 13.0 Å². The second-order valence-electron chi connectivity index (χ2n) is 16.3. The van der Waals surface area contributed by atoms with E-state index in [4.69, 9.17) is 28.4 Å². The standard InChI is InChI=1S/C36H52O17/c1-16(38)49-15-34-9-5-19(50-32-28(43)26(41)29(31(45)51-32)53-36(47)30(44)27(42)25(40)23(13-37)52-36)12-18(34)3-4-22-21(34)6-8-33(2)20(7-10-35(22,33)46)17-11-24(39)48-14-17/h4,11,18-21,23,25-32,37,40-47H,3,5-10,12-15H2,1-2H3. The van der Waals surface area contributed by atoms with Crippen LogP contribution in [0.4, 0.5) is 0 Å². The van der Waals surface area contributed by atoms with Gasteiger partial charge in [-0.3, -0.25) is 4.79 Å². The van der Waals surface area contributed by atoms with Crippen molar-refractivity contribution in [2.24, 2.45) is 28.6 Å². The molecule has 5 fully saturated rings. The fraction of sp³-hybridized carbons (Fsp3) is 0.833. The van der Waals surface area contributed by atoms with Crippen LogP contribution < -0.4 is 0 Å². The molecule has 3 saturated carbocycles. The normalized spacial score (nSPS) is 51.0. The molecule has 0 aromatic carbocycles. The van der Waals surface area contributed by atoms with Gasteiger partial charge in [0.05, 0.1) is 24.9 Å². The van der Waals surface area contributed by atoms with Crippen LogP contribution in [0.1, 0.15) is 65.2 Å². The van der Waals surface area contributed by atoms with E-state index in [0.29, 0.717) is 44.9 Å². The quantitative estimate of drug-likeness (QED) is 0.0736. The van der Waals surface area contributed by atoms with E-state index in [9.17, 15) is 55.5 Å². The molecule has 0 amide bonds. The van der Waals surface area contributed by atoms with E-state index in [1.165, 1.54) is 6.92 Å². The number of aliphatic hydroxyl groups is 9. The van der Waals surface area contributed by atoms with E-state index >= 15 is 0 Å². The highest BCUT2D eigenvalue weighted by Gasteiger charge is 2.67. The number of carbonyl (C=O) groups excluding carboxylic acids is 2. The third kappa shape index (κ3) is 6.29. The monoisotopic (exact) mass is 756 g/mol. The maximum absolute atomic E-state index is 12.6. The Morgan fingerprint density at radius 1 is 0.962 bits per heavy atom. The lowest BCUT2D eigenvalue weighted by atomic mass is 9.46. The second-order valence-corrected chi connectivity index (χ2v) is 16.3. The predicted molar refractivity (Wildman–Crippen MR) is 174 cm³/mol. The summed E-state index contributed by atoms with van der Waals surface area (Å²) in [6, 6.07) is 0. The topological polar surface area (TPSA) is 272 Å². The summed E-state index contributed by atoms with van der Waals surface area (Å²) in [5, 5.41) is 96.2. The number of fused-ring (bicyclic) bond motifs is 5. The Morgan fingerprint density at radius 2 is 1.70 bits per heavy atom. The fourth-order valence-electron chi connectivity index (χ4n) is 10.8. The molecule has 9 N–H and O–H groups in total. The number of esters is 2. The van der Waals surface area contributed by atoms with E-state index < -0.39 is 96.4 Å². The van der Waals surface area contributed by atoms with Gasteiger partial charge >= 0.3 is 17.9 Å².